The molecule has 0 heterocycles. The van der Waals surface area contributed by atoms with Crippen LogP contribution in [0.3, 0.4) is 0 Å². The molecule has 2 rings (SSSR count). The van der Waals surface area contributed by atoms with Gasteiger partial charge < -0.3 is 4.74 Å². The lowest BCUT2D eigenvalue weighted by Crippen LogP contribution is -2.23. The van der Waals surface area contributed by atoms with Gasteiger partial charge in [-0.05, 0) is 38.5 Å². The highest BCUT2D eigenvalue weighted by Gasteiger charge is 2.37. The molecular weight excluding hydrogens is 260 g/mol. The molecule has 1 nitrogen and oxygen atoms in total. The Kier molecular flexibility index (Phi) is 3.11. The van der Waals surface area contributed by atoms with Gasteiger partial charge in [-0.1, -0.05) is 6.07 Å². The van der Waals surface area contributed by atoms with Crippen LogP contribution in [0.2, 0.25) is 0 Å². The first-order chi connectivity index (χ1) is 8.58. The number of ether oxygens (including phenoxy) is 1. The van der Waals surface area contributed by atoms with Gasteiger partial charge in [-0.15, -0.1) is 0 Å². The van der Waals surface area contributed by atoms with E-state index in [1.807, 2.05) is 0 Å². The molecular formula is C14H14F4O. The predicted molar refractivity (Wildman–Crippen MR) is 64.5 cm³/mol. The van der Waals surface area contributed by atoms with Gasteiger partial charge in [-0.25, -0.2) is 4.39 Å². The Balaban J connectivity index is 2.40. The quantitative estimate of drug-likeness (QED) is 0.685. The fourth-order valence-corrected chi connectivity index (χ4v) is 1.94. The summed E-state index contributed by atoms with van der Waals surface area (Å²) in [5, 5.41) is 0. The summed E-state index contributed by atoms with van der Waals surface area (Å²) in [6.45, 7) is 5.24. The van der Waals surface area contributed by atoms with E-state index in [4.69, 9.17) is 4.74 Å². The van der Waals surface area contributed by atoms with Gasteiger partial charge in [-0.2, -0.15) is 13.2 Å². The van der Waals surface area contributed by atoms with E-state index in [0.29, 0.717) is 5.56 Å². The Hall–Kier alpha value is -1.52. The maximum absolute atomic E-state index is 14.1. The number of rotatable bonds is 1. The van der Waals surface area contributed by atoms with Crippen LogP contribution in [0.15, 0.2) is 17.7 Å². The van der Waals surface area contributed by atoms with Gasteiger partial charge >= 0.3 is 6.18 Å². The second-order valence-electron chi connectivity index (χ2n) is 5.51. The zero-order chi connectivity index (χ0) is 14.4. The Bertz CT molecular complexity index is 536. The molecule has 0 aliphatic heterocycles. The first kappa shape index (κ1) is 13.9. The topological polar surface area (TPSA) is 9.23 Å². The van der Waals surface area contributed by atoms with Crippen molar-refractivity contribution in [1.29, 1.82) is 0 Å². The lowest BCUT2D eigenvalue weighted by molar-refractivity contribution is -0.0918. The number of benzene rings is 1. The van der Waals surface area contributed by atoms with Crippen molar-refractivity contribution in [3.63, 3.8) is 0 Å². The van der Waals surface area contributed by atoms with Gasteiger partial charge in [0.2, 0.25) is 0 Å². The molecule has 0 fully saturated rings. The molecule has 0 bridgehead atoms. The molecule has 0 saturated carbocycles. The van der Waals surface area contributed by atoms with Crippen LogP contribution in [0.25, 0.3) is 6.08 Å². The van der Waals surface area contributed by atoms with Crippen molar-refractivity contribution < 1.29 is 22.3 Å². The molecule has 1 aromatic rings. The number of hydrogen-bond acceptors (Lipinski definition) is 1. The molecule has 0 atom stereocenters. The van der Waals surface area contributed by atoms with E-state index in [2.05, 4.69) is 0 Å². The number of alkyl halides is 3. The van der Waals surface area contributed by atoms with E-state index in [-0.39, 0.29) is 17.7 Å². The van der Waals surface area contributed by atoms with Gasteiger partial charge in [-0.3, -0.25) is 0 Å². The molecule has 0 spiro atoms. The van der Waals surface area contributed by atoms with Gasteiger partial charge in [0, 0.05) is 17.6 Å². The Labute approximate surface area is 108 Å². The number of fused-ring (bicyclic) bond motifs is 1. The highest BCUT2D eigenvalue weighted by molar-refractivity contribution is 5.67. The summed E-state index contributed by atoms with van der Waals surface area (Å²) >= 11 is 0. The zero-order valence-electron chi connectivity index (χ0n) is 10.9. The van der Waals surface area contributed by atoms with E-state index in [1.54, 1.807) is 20.8 Å². The molecule has 0 radical (unpaired) electrons. The lowest BCUT2D eigenvalue weighted by Gasteiger charge is -2.22. The first-order valence-corrected chi connectivity index (χ1v) is 5.86. The summed E-state index contributed by atoms with van der Waals surface area (Å²) in [7, 11) is 0. The fraction of sp³-hybridized carbons (Fsp3) is 0.429. The molecule has 5 heteroatoms. The standard InChI is InChI=1S/C14H14F4O/c1-13(2,3)19-11-5-4-8-6-9(14(16,17)18)7-10(8)12(11)15/h4-5,7H,6H2,1-3H3. The summed E-state index contributed by atoms with van der Waals surface area (Å²) in [6.07, 6.45) is -3.84. The molecule has 0 N–H and O–H groups in total. The van der Waals surface area contributed by atoms with E-state index >= 15 is 0 Å². The Morgan fingerprint density at radius 2 is 1.74 bits per heavy atom. The van der Waals surface area contributed by atoms with E-state index in [1.165, 1.54) is 12.1 Å². The van der Waals surface area contributed by atoms with Crippen LogP contribution >= 0.6 is 0 Å². The van der Waals surface area contributed by atoms with Crippen LogP contribution in [0.5, 0.6) is 5.75 Å². The van der Waals surface area contributed by atoms with Gasteiger partial charge in [0.15, 0.2) is 11.6 Å². The molecule has 0 amide bonds. The molecule has 19 heavy (non-hydrogen) atoms. The molecule has 104 valence electrons. The molecule has 0 aromatic heterocycles. The summed E-state index contributed by atoms with van der Waals surface area (Å²) < 4.78 is 57.3. The highest BCUT2D eigenvalue weighted by Crippen LogP contribution is 2.39. The van der Waals surface area contributed by atoms with Crippen molar-refractivity contribution in [1.82, 2.24) is 0 Å². The van der Waals surface area contributed by atoms with Crippen molar-refractivity contribution >= 4 is 6.08 Å². The monoisotopic (exact) mass is 274 g/mol. The van der Waals surface area contributed by atoms with Crippen LogP contribution in [-0.2, 0) is 6.42 Å². The van der Waals surface area contributed by atoms with Gasteiger partial charge in [0.1, 0.15) is 5.60 Å². The average Bonchev–Trinajstić information content (AvgIpc) is 2.64. The number of halogens is 4. The average molecular weight is 274 g/mol. The minimum atomic E-state index is -4.42. The van der Waals surface area contributed by atoms with Crippen molar-refractivity contribution in [3.8, 4) is 5.75 Å². The van der Waals surface area contributed by atoms with Gasteiger partial charge in [0.05, 0.1) is 0 Å². The second kappa shape index (κ2) is 4.25. The lowest BCUT2D eigenvalue weighted by atomic mass is 10.1. The minimum absolute atomic E-state index is 0.0194. The molecule has 0 unspecified atom stereocenters. The number of hydrogen-bond donors (Lipinski definition) is 0. The third-order valence-corrected chi connectivity index (χ3v) is 2.71. The van der Waals surface area contributed by atoms with Crippen LogP contribution in [0.1, 0.15) is 31.9 Å². The highest BCUT2D eigenvalue weighted by atomic mass is 19.4. The largest absolute Gasteiger partial charge is 0.485 e. The normalized spacial score (nSPS) is 15.2. The molecule has 1 aliphatic rings. The van der Waals surface area contributed by atoms with Crippen LogP contribution in [0.4, 0.5) is 17.6 Å². The summed E-state index contributed by atoms with van der Waals surface area (Å²) in [4.78, 5) is 0. The van der Waals surface area contributed by atoms with Gasteiger partial charge in [0.25, 0.3) is 0 Å². The Morgan fingerprint density at radius 1 is 1.11 bits per heavy atom. The third-order valence-electron chi connectivity index (χ3n) is 2.71. The van der Waals surface area contributed by atoms with E-state index in [0.717, 1.165) is 6.08 Å². The first-order valence-electron chi connectivity index (χ1n) is 5.86. The maximum atomic E-state index is 14.1. The third kappa shape index (κ3) is 2.91. The Morgan fingerprint density at radius 3 is 2.26 bits per heavy atom. The summed E-state index contributed by atoms with van der Waals surface area (Å²) in [5.74, 6) is -0.752. The zero-order valence-corrected chi connectivity index (χ0v) is 10.9. The summed E-state index contributed by atoms with van der Waals surface area (Å²) in [6, 6.07) is 2.86. The van der Waals surface area contributed by atoms with Crippen molar-refractivity contribution in [2.24, 2.45) is 0 Å². The number of allylic oxidation sites excluding steroid dienone is 1. The van der Waals surface area contributed by atoms with Crippen molar-refractivity contribution in [3.05, 3.63) is 34.6 Å². The van der Waals surface area contributed by atoms with Crippen molar-refractivity contribution in [2.75, 3.05) is 0 Å². The fourth-order valence-electron chi connectivity index (χ4n) is 1.94. The minimum Gasteiger partial charge on any atom is -0.485 e. The van der Waals surface area contributed by atoms with E-state index < -0.39 is 23.2 Å². The smallest absolute Gasteiger partial charge is 0.413 e. The molecule has 1 aromatic carbocycles. The second-order valence-corrected chi connectivity index (χ2v) is 5.51. The maximum Gasteiger partial charge on any atom is 0.413 e. The molecule has 1 aliphatic carbocycles. The van der Waals surface area contributed by atoms with Crippen LogP contribution < -0.4 is 4.74 Å². The van der Waals surface area contributed by atoms with Crippen molar-refractivity contribution in [2.45, 2.75) is 39.0 Å². The van der Waals surface area contributed by atoms with Crippen LogP contribution in [-0.4, -0.2) is 11.8 Å². The predicted octanol–water partition coefficient (Wildman–Crippen LogP) is 4.50. The van der Waals surface area contributed by atoms with E-state index in [9.17, 15) is 17.6 Å². The van der Waals surface area contributed by atoms with Crippen LogP contribution in [0, 0.1) is 5.82 Å². The SMILES string of the molecule is CC(C)(C)Oc1ccc2c(c1F)C=C(C(F)(F)F)C2. The molecule has 0 saturated heterocycles. The summed E-state index contributed by atoms with van der Waals surface area (Å²) in [5.41, 5.74) is -1.01.